The number of carbonyl (C=O) groups is 1. The Morgan fingerprint density at radius 1 is 1.50 bits per heavy atom. The van der Waals surface area contributed by atoms with Crippen LogP contribution in [0.15, 0.2) is 16.6 Å². The predicted molar refractivity (Wildman–Crippen MR) is 66.1 cm³/mol. The number of benzene rings is 1. The van der Waals surface area contributed by atoms with E-state index in [9.17, 15) is 4.79 Å². The molecule has 0 fully saturated rings. The van der Waals surface area contributed by atoms with Crippen LogP contribution in [0.5, 0.6) is 5.75 Å². The van der Waals surface area contributed by atoms with Crippen LogP contribution in [0.4, 0.5) is 0 Å². The standard InChI is InChI=1S/C12H15BrO3/c1-7(2)9-4-8(6-11(14)15)5-10(13)12(9)16-3/h4-5,7H,6H2,1-3H3,(H,14,15). The molecule has 0 spiro atoms. The van der Waals surface area contributed by atoms with Gasteiger partial charge in [0.15, 0.2) is 0 Å². The largest absolute Gasteiger partial charge is 0.495 e. The van der Waals surface area contributed by atoms with Gasteiger partial charge in [-0.25, -0.2) is 0 Å². The monoisotopic (exact) mass is 286 g/mol. The van der Waals surface area contributed by atoms with Crippen molar-refractivity contribution in [3.05, 3.63) is 27.7 Å². The van der Waals surface area contributed by atoms with Crippen LogP contribution >= 0.6 is 15.9 Å². The maximum atomic E-state index is 10.7. The summed E-state index contributed by atoms with van der Waals surface area (Å²) in [4.78, 5) is 10.7. The van der Waals surface area contributed by atoms with E-state index in [4.69, 9.17) is 9.84 Å². The molecule has 1 N–H and O–H groups in total. The number of rotatable bonds is 4. The maximum absolute atomic E-state index is 10.7. The average molecular weight is 287 g/mol. The highest BCUT2D eigenvalue weighted by Gasteiger charge is 2.13. The predicted octanol–water partition coefficient (Wildman–Crippen LogP) is 3.21. The summed E-state index contributed by atoms with van der Waals surface area (Å²) in [6, 6.07) is 3.68. The van der Waals surface area contributed by atoms with Crippen molar-refractivity contribution in [3.63, 3.8) is 0 Å². The molecule has 4 heteroatoms. The topological polar surface area (TPSA) is 46.5 Å². The van der Waals surface area contributed by atoms with E-state index in [2.05, 4.69) is 29.8 Å². The molecule has 0 aromatic heterocycles. The van der Waals surface area contributed by atoms with Crippen molar-refractivity contribution in [2.45, 2.75) is 26.2 Å². The van der Waals surface area contributed by atoms with Gasteiger partial charge in [-0.2, -0.15) is 0 Å². The summed E-state index contributed by atoms with van der Waals surface area (Å²) >= 11 is 3.40. The first kappa shape index (κ1) is 13.0. The van der Waals surface area contributed by atoms with E-state index in [1.807, 2.05) is 6.07 Å². The number of carboxylic acid groups (broad SMARTS) is 1. The highest BCUT2D eigenvalue weighted by atomic mass is 79.9. The van der Waals surface area contributed by atoms with E-state index in [1.54, 1.807) is 13.2 Å². The fourth-order valence-electron chi connectivity index (χ4n) is 1.59. The van der Waals surface area contributed by atoms with Gasteiger partial charge in [-0.3, -0.25) is 4.79 Å². The van der Waals surface area contributed by atoms with Crippen molar-refractivity contribution in [2.24, 2.45) is 0 Å². The van der Waals surface area contributed by atoms with Crippen LogP contribution in [0.25, 0.3) is 0 Å². The normalized spacial score (nSPS) is 10.6. The SMILES string of the molecule is COc1c(Br)cc(CC(=O)O)cc1C(C)C. The van der Waals surface area contributed by atoms with E-state index in [0.717, 1.165) is 21.3 Å². The van der Waals surface area contributed by atoms with Crippen molar-refractivity contribution < 1.29 is 14.6 Å². The molecule has 0 amide bonds. The van der Waals surface area contributed by atoms with Gasteiger partial charge in [0.25, 0.3) is 0 Å². The third-order valence-electron chi connectivity index (χ3n) is 2.31. The number of halogens is 1. The summed E-state index contributed by atoms with van der Waals surface area (Å²) in [5.41, 5.74) is 1.80. The first-order valence-electron chi connectivity index (χ1n) is 5.03. The zero-order chi connectivity index (χ0) is 12.3. The Hall–Kier alpha value is -1.03. The van der Waals surface area contributed by atoms with Crippen LogP contribution in [0.2, 0.25) is 0 Å². The zero-order valence-electron chi connectivity index (χ0n) is 9.58. The Labute approximate surface area is 104 Å². The molecular weight excluding hydrogens is 272 g/mol. The van der Waals surface area contributed by atoms with Gasteiger partial charge in [0, 0.05) is 0 Å². The van der Waals surface area contributed by atoms with Gasteiger partial charge in [-0.05, 0) is 39.0 Å². The Morgan fingerprint density at radius 3 is 2.56 bits per heavy atom. The van der Waals surface area contributed by atoms with E-state index in [0.29, 0.717) is 5.92 Å². The number of hydrogen-bond acceptors (Lipinski definition) is 2. The summed E-state index contributed by atoms with van der Waals surface area (Å²) in [5, 5.41) is 8.77. The van der Waals surface area contributed by atoms with Gasteiger partial charge in [-0.1, -0.05) is 19.9 Å². The fourth-order valence-corrected chi connectivity index (χ4v) is 2.28. The number of ether oxygens (including phenoxy) is 1. The molecule has 88 valence electrons. The maximum Gasteiger partial charge on any atom is 0.307 e. The van der Waals surface area contributed by atoms with Crippen LogP contribution in [0.1, 0.15) is 30.9 Å². The lowest BCUT2D eigenvalue weighted by molar-refractivity contribution is -0.136. The molecule has 0 atom stereocenters. The molecule has 0 aliphatic carbocycles. The minimum absolute atomic E-state index is 0.0301. The lowest BCUT2D eigenvalue weighted by Gasteiger charge is -2.15. The highest BCUT2D eigenvalue weighted by Crippen LogP contribution is 2.35. The smallest absolute Gasteiger partial charge is 0.307 e. The van der Waals surface area contributed by atoms with Crippen LogP contribution < -0.4 is 4.74 Å². The molecule has 0 radical (unpaired) electrons. The second kappa shape index (κ2) is 5.34. The van der Waals surface area contributed by atoms with E-state index >= 15 is 0 Å². The molecule has 0 aliphatic heterocycles. The van der Waals surface area contributed by atoms with Gasteiger partial charge in [0.2, 0.25) is 0 Å². The molecule has 1 aromatic rings. The number of hydrogen-bond donors (Lipinski definition) is 1. The second-order valence-corrected chi connectivity index (χ2v) is 4.78. The first-order valence-corrected chi connectivity index (χ1v) is 5.83. The molecule has 0 aliphatic rings. The summed E-state index contributed by atoms with van der Waals surface area (Å²) < 4.78 is 6.11. The van der Waals surface area contributed by atoms with Gasteiger partial charge in [-0.15, -0.1) is 0 Å². The van der Waals surface area contributed by atoms with Crippen molar-refractivity contribution in [1.29, 1.82) is 0 Å². The lowest BCUT2D eigenvalue weighted by atomic mass is 9.98. The summed E-state index contributed by atoms with van der Waals surface area (Å²) in [6.45, 7) is 4.10. The van der Waals surface area contributed by atoms with Gasteiger partial charge in [0.1, 0.15) is 5.75 Å². The average Bonchev–Trinajstić information content (AvgIpc) is 2.15. The van der Waals surface area contributed by atoms with E-state index in [-0.39, 0.29) is 6.42 Å². The zero-order valence-corrected chi connectivity index (χ0v) is 11.2. The van der Waals surface area contributed by atoms with E-state index in [1.165, 1.54) is 0 Å². The molecule has 0 saturated heterocycles. The summed E-state index contributed by atoms with van der Waals surface area (Å²) in [7, 11) is 1.61. The van der Waals surface area contributed by atoms with Crippen molar-refractivity contribution >= 4 is 21.9 Å². The molecule has 0 saturated carbocycles. The third-order valence-corrected chi connectivity index (χ3v) is 2.90. The Morgan fingerprint density at radius 2 is 2.12 bits per heavy atom. The molecule has 1 aromatic carbocycles. The molecule has 0 heterocycles. The quantitative estimate of drug-likeness (QED) is 0.925. The van der Waals surface area contributed by atoms with Crippen LogP contribution in [0, 0.1) is 0 Å². The minimum Gasteiger partial charge on any atom is -0.495 e. The molecule has 16 heavy (non-hydrogen) atoms. The Kier molecular flexibility index (Phi) is 4.35. The lowest BCUT2D eigenvalue weighted by Crippen LogP contribution is -2.03. The Balaban J connectivity index is 3.22. The molecule has 0 unspecified atom stereocenters. The molecule has 1 rings (SSSR count). The van der Waals surface area contributed by atoms with Gasteiger partial charge in [0.05, 0.1) is 18.0 Å². The molecular formula is C12H15BrO3. The summed E-state index contributed by atoms with van der Waals surface area (Å²) in [5.74, 6) is 0.246. The van der Waals surface area contributed by atoms with Crippen molar-refractivity contribution in [2.75, 3.05) is 7.11 Å². The number of methoxy groups -OCH3 is 1. The Bertz CT molecular complexity index is 399. The highest BCUT2D eigenvalue weighted by molar-refractivity contribution is 9.10. The van der Waals surface area contributed by atoms with Crippen LogP contribution in [-0.4, -0.2) is 18.2 Å². The first-order chi connectivity index (χ1) is 7.45. The minimum atomic E-state index is -0.827. The van der Waals surface area contributed by atoms with Crippen LogP contribution in [0.3, 0.4) is 0 Å². The van der Waals surface area contributed by atoms with Crippen LogP contribution in [-0.2, 0) is 11.2 Å². The third kappa shape index (κ3) is 2.98. The fraction of sp³-hybridized carbons (Fsp3) is 0.417. The molecule has 3 nitrogen and oxygen atoms in total. The van der Waals surface area contributed by atoms with Crippen molar-refractivity contribution in [3.8, 4) is 5.75 Å². The van der Waals surface area contributed by atoms with Gasteiger partial charge >= 0.3 is 5.97 Å². The van der Waals surface area contributed by atoms with E-state index < -0.39 is 5.97 Å². The van der Waals surface area contributed by atoms with Crippen molar-refractivity contribution in [1.82, 2.24) is 0 Å². The molecule has 0 bridgehead atoms. The summed E-state index contributed by atoms with van der Waals surface area (Å²) in [6.07, 6.45) is 0.0301. The number of carboxylic acids is 1. The van der Waals surface area contributed by atoms with Gasteiger partial charge < -0.3 is 9.84 Å². The second-order valence-electron chi connectivity index (χ2n) is 3.93. The number of aliphatic carboxylic acids is 1.